The van der Waals surface area contributed by atoms with Gasteiger partial charge >= 0.3 is 0 Å². The first-order chi connectivity index (χ1) is 10.1. The van der Waals surface area contributed by atoms with Crippen molar-refractivity contribution in [3.8, 4) is 5.75 Å². The second kappa shape index (κ2) is 5.62. The van der Waals surface area contributed by atoms with Crippen molar-refractivity contribution in [3.63, 3.8) is 0 Å². The molecule has 108 valence electrons. The Kier molecular flexibility index (Phi) is 3.67. The predicted octanol–water partition coefficient (Wildman–Crippen LogP) is 4.16. The van der Waals surface area contributed by atoms with Crippen molar-refractivity contribution in [1.29, 1.82) is 0 Å². The summed E-state index contributed by atoms with van der Waals surface area (Å²) in [6.07, 6.45) is -0.779. The van der Waals surface area contributed by atoms with E-state index in [0.29, 0.717) is 5.76 Å². The summed E-state index contributed by atoms with van der Waals surface area (Å²) in [4.78, 5) is 0. The molecular formula is C18H18O3. The first-order valence-corrected chi connectivity index (χ1v) is 6.99. The van der Waals surface area contributed by atoms with Crippen LogP contribution in [0, 0.1) is 13.8 Å². The molecule has 3 rings (SSSR count). The fraction of sp³-hybridized carbons (Fsp3) is 0.222. The number of aliphatic hydroxyl groups excluding tert-OH is 1. The number of aryl methyl sites for hydroxylation is 2. The summed E-state index contributed by atoms with van der Waals surface area (Å²) in [6, 6.07) is 15.5. The predicted molar refractivity (Wildman–Crippen MR) is 82.6 cm³/mol. The highest BCUT2D eigenvalue weighted by molar-refractivity contribution is 5.77. The number of aliphatic hydroxyl groups is 1. The fourth-order valence-electron chi connectivity index (χ4n) is 2.44. The van der Waals surface area contributed by atoms with Crippen LogP contribution < -0.4 is 4.74 Å². The number of fused-ring (bicyclic) bond motifs is 1. The zero-order valence-electron chi connectivity index (χ0n) is 12.2. The maximum absolute atomic E-state index is 10.2. The van der Waals surface area contributed by atoms with Gasteiger partial charge in [0.05, 0.1) is 0 Å². The minimum Gasteiger partial charge on any atom is -0.490 e. The van der Waals surface area contributed by atoms with Crippen LogP contribution in [0.5, 0.6) is 5.75 Å². The molecule has 1 atom stereocenters. The van der Waals surface area contributed by atoms with E-state index >= 15 is 0 Å². The number of benzene rings is 2. The summed E-state index contributed by atoms with van der Waals surface area (Å²) in [6.45, 7) is 4.22. The molecule has 0 aliphatic carbocycles. The van der Waals surface area contributed by atoms with Crippen molar-refractivity contribution >= 4 is 11.0 Å². The quantitative estimate of drug-likeness (QED) is 0.781. The Morgan fingerprint density at radius 3 is 2.48 bits per heavy atom. The van der Waals surface area contributed by atoms with Crippen LogP contribution in [0.2, 0.25) is 0 Å². The normalized spacial score (nSPS) is 12.5. The molecule has 2 aromatic carbocycles. The molecule has 0 spiro atoms. The Hall–Kier alpha value is -2.26. The van der Waals surface area contributed by atoms with Gasteiger partial charge in [0.15, 0.2) is 0 Å². The number of rotatable bonds is 4. The fourth-order valence-corrected chi connectivity index (χ4v) is 2.44. The van der Waals surface area contributed by atoms with Crippen molar-refractivity contribution in [3.05, 3.63) is 65.4 Å². The second-order valence-corrected chi connectivity index (χ2v) is 5.34. The summed E-state index contributed by atoms with van der Waals surface area (Å²) in [5.41, 5.74) is 3.06. The number of hydrogen-bond donors (Lipinski definition) is 1. The third kappa shape index (κ3) is 3.09. The van der Waals surface area contributed by atoms with Crippen molar-refractivity contribution in [2.45, 2.75) is 20.0 Å². The van der Waals surface area contributed by atoms with Crippen LogP contribution >= 0.6 is 0 Å². The Morgan fingerprint density at radius 2 is 1.76 bits per heavy atom. The molecule has 21 heavy (non-hydrogen) atoms. The molecule has 3 heteroatoms. The van der Waals surface area contributed by atoms with Crippen LogP contribution in [-0.2, 0) is 0 Å². The van der Waals surface area contributed by atoms with Crippen LogP contribution in [0.15, 0.2) is 52.9 Å². The lowest BCUT2D eigenvalue weighted by Crippen LogP contribution is -2.09. The highest BCUT2D eigenvalue weighted by Crippen LogP contribution is 2.25. The molecule has 0 fully saturated rings. The van der Waals surface area contributed by atoms with Gasteiger partial charge in [0, 0.05) is 5.39 Å². The standard InChI is InChI=1S/C18H18O3/c1-12-7-13(2)9-15(8-12)20-11-16(19)18-10-14-5-3-4-6-17(14)21-18/h3-10,16,19H,11H2,1-2H3. The zero-order chi connectivity index (χ0) is 14.8. The Morgan fingerprint density at radius 1 is 1.05 bits per heavy atom. The van der Waals surface area contributed by atoms with Crippen LogP contribution in [0.1, 0.15) is 23.0 Å². The highest BCUT2D eigenvalue weighted by Gasteiger charge is 2.14. The van der Waals surface area contributed by atoms with Gasteiger partial charge in [-0.1, -0.05) is 24.3 Å². The van der Waals surface area contributed by atoms with E-state index in [1.165, 1.54) is 0 Å². The lowest BCUT2D eigenvalue weighted by atomic mass is 10.1. The molecule has 1 N–H and O–H groups in total. The Labute approximate surface area is 123 Å². The van der Waals surface area contributed by atoms with Gasteiger partial charge in [-0.25, -0.2) is 0 Å². The monoisotopic (exact) mass is 282 g/mol. The first-order valence-electron chi connectivity index (χ1n) is 6.99. The van der Waals surface area contributed by atoms with Gasteiger partial charge in [0.25, 0.3) is 0 Å². The zero-order valence-corrected chi connectivity index (χ0v) is 12.2. The number of ether oxygens (including phenoxy) is 1. The Balaban J connectivity index is 1.72. The molecule has 3 nitrogen and oxygen atoms in total. The summed E-state index contributed by atoms with van der Waals surface area (Å²) in [5.74, 6) is 1.29. The average Bonchev–Trinajstić information content (AvgIpc) is 2.87. The maximum Gasteiger partial charge on any atom is 0.145 e. The molecule has 0 radical (unpaired) electrons. The smallest absolute Gasteiger partial charge is 0.145 e. The molecular weight excluding hydrogens is 264 g/mol. The molecule has 0 bridgehead atoms. The van der Waals surface area contributed by atoms with Crippen LogP contribution in [-0.4, -0.2) is 11.7 Å². The summed E-state index contributed by atoms with van der Waals surface area (Å²) in [7, 11) is 0. The van der Waals surface area contributed by atoms with Crippen molar-refractivity contribution in [2.24, 2.45) is 0 Å². The number of hydrogen-bond acceptors (Lipinski definition) is 3. The SMILES string of the molecule is Cc1cc(C)cc(OCC(O)c2cc3ccccc3o2)c1. The molecule has 0 amide bonds. The molecule has 0 saturated carbocycles. The number of para-hydroxylation sites is 1. The Bertz CT molecular complexity index is 705. The van der Waals surface area contributed by atoms with E-state index in [4.69, 9.17) is 9.15 Å². The molecule has 3 aromatic rings. The lowest BCUT2D eigenvalue weighted by Gasteiger charge is -2.11. The molecule has 1 aromatic heterocycles. The molecule has 1 unspecified atom stereocenters. The van der Waals surface area contributed by atoms with Crippen LogP contribution in [0.4, 0.5) is 0 Å². The second-order valence-electron chi connectivity index (χ2n) is 5.34. The minimum absolute atomic E-state index is 0.169. The molecule has 0 saturated heterocycles. The van der Waals surface area contributed by atoms with E-state index in [1.54, 1.807) is 0 Å². The van der Waals surface area contributed by atoms with E-state index in [-0.39, 0.29) is 6.61 Å². The largest absolute Gasteiger partial charge is 0.490 e. The van der Waals surface area contributed by atoms with E-state index in [9.17, 15) is 5.11 Å². The average molecular weight is 282 g/mol. The van der Waals surface area contributed by atoms with E-state index in [2.05, 4.69) is 6.07 Å². The molecule has 0 aliphatic heterocycles. The highest BCUT2D eigenvalue weighted by atomic mass is 16.5. The third-order valence-electron chi connectivity index (χ3n) is 3.38. The van der Waals surface area contributed by atoms with E-state index in [0.717, 1.165) is 27.8 Å². The van der Waals surface area contributed by atoms with Crippen LogP contribution in [0.25, 0.3) is 11.0 Å². The van der Waals surface area contributed by atoms with Crippen molar-refractivity contribution in [1.82, 2.24) is 0 Å². The molecule has 0 aliphatic rings. The van der Waals surface area contributed by atoms with E-state index < -0.39 is 6.10 Å². The van der Waals surface area contributed by atoms with Gasteiger partial charge in [0.1, 0.15) is 29.8 Å². The van der Waals surface area contributed by atoms with Gasteiger partial charge in [-0.2, -0.15) is 0 Å². The van der Waals surface area contributed by atoms with E-state index in [1.807, 2.05) is 56.3 Å². The minimum atomic E-state index is -0.779. The third-order valence-corrected chi connectivity index (χ3v) is 3.38. The van der Waals surface area contributed by atoms with Crippen LogP contribution in [0.3, 0.4) is 0 Å². The van der Waals surface area contributed by atoms with Crippen molar-refractivity contribution < 1.29 is 14.3 Å². The maximum atomic E-state index is 10.2. The summed E-state index contributed by atoms with van der Waals surface area (Å²) in [5, 5.41) is 11.2. The lowest BCUT2D eigenvalue weighted by molar-refractivity contribution is 0.0903. The van der Waals surface area contributed by atoms with Gasteiger partial charge < -0.3 is 14.3 Å². The molecule has 1 heterocycles. The van der Waals surface area contributed by atoms with Gasteiger partial charge in [0.2, 0.25) is 0 Å². The van der Waals surface area contributed by atoms with Gasteiger partial charge in [-0.05, 0) is 49.2 Å². The number of furan rings is 1. The summed E-state index contributed by atoms with van der Waals surface area (Å²) < 4.78 is 11.3. The van der Waals surface area contributed by atoms with Crippen molar-refractivity contribution in [2.75, 3.05) is 6.61 Å². The topological polar surface area (TPSA) is 42.6 Å². The van der Waals surface area contributed by atoms with Gasteiger partial charge in [-0.3, -0.25) is 0 Å². The first kappa shape index (κ1) is 13.7. The summed E-state index contributed by atoms with van der Waals surface area (Å²) >= 11 is 0. The van der Waals surface area contributed by atoms with Gasteiger partial charge in [-0.15, -0.1) is 0 Å².